The van der Waals surface area contributed by atoms with Gasteiger partial charge in [-0.25, -0.2) is 0 Å². The van der Waals surface area contributed by atoms with E-state index in [-0.39, 0.29) is 12.2 Å². The number of carboxylic acid groups (broad SMARTS) is 1. The third-order valence-electron chi connectivity index (χ3n) is 6.63. The van der Waals surface area contributed by atoms with Crippen LogP contribution in [0.5, 0.6) is 11.5 Å². The molecule has 0 aliphatic carbocycles. The number of carbonyl (C=O) groups is 4. The summed E-state index contributed by atoms with van der Waals surface area (Å²) in [5.74, 6) is -4.40. The van der Waals surface area contributed by atoms with Gasteiger partial charge >= 0.3 is 11.9 Å². The first-order chi connectivity index (χ1) is 16.3. The van der Waals surface area contributed by atoms with Gasteiger partial charge in [0, 0.05) is 24.9 Å². The molecular weight excluding hydrogens is 452 g/mol. The molecule has 9 heteroatoms. The minimum Gasteiger partial charge on any atom is -0.508 e. The lowest BCUT2D eigenvalue weighted by atomic mass is 9.76. The smallest absolute Gasteiger partial charge is 0.325 e. The summed E-state index contributed by atoms with van der Waals surface area (Å²) in [6.45, 7) is 6.50. The summed E-state index contributed by atoms with van der Waals surface area (Å²) in [4.78, 5) is 52.6. The predicted octanol–water partition coefficient (Wildman–Crippen LogP) is 2.43. The molecular formula is C26H28N2O7. The van der Waals surface area contributed by atoms with Gasteiger partial charge in [0.1, 0.15) is 17.0 Å². The van der Waals surface area contributed by atoms with Gasteiger partial charge in [0.05, 0.1) is 11.8 Å². The zero-order valence-electron chi connectivity index (χ0n) is 19.9. The third kappa shape index (κ3) is 4.16. The number of aromatic hydroxyl groups is 1. The Balaban J connectivity index is 1.82. The molecule has 2 saturated heterocycles. The summed E-state index contributed by atoms with van der Waals surface area (Å²) in [5, 5.41) is 23.3. The molecule has 4 atom stereocenters. The van der Waals surface area contributed by atoms with E-state index in [0.717, 1.165) is 0 Å². The first kappa shape index (κ1) is 24.4. The Morgan fingerprint density at radius 1 is 1.03 bits per heavy atom. The Kier molecular flexibility index (Phi) is 5.92. The number of benzene rings is 2. The van der Waals surface area contributed by atoms with Crippen molar-refractivity contribution in [3.8, 4) is 11.5 Å². The van der Waals surface area contributed by atoms with E-state index in [2.05, 4.69) is 5.32 Å². The average Bonchev–Trinajstić information content (AvgIpc) is 3.24. The van der Waals surface area contributed by atoms with Gasteiger partial charge in [-0.15, -0.1) is 0 Å². The van der Waals surface area contributed by atoms with Gasteiger partial charge in [0.15, 0.2) is 0 Å². The molecule has 0 radical (unpaired) electrons. The third-order valence-corrected chi connectivity index (χ3v) is 6.63. The number of carboxylic acids is 1. The van der Waals surface area contributed by atoms with E-state index in [1.54, 1.807) is 57.2 Å². The molecule has 2 aromatic rings. The fourth-order valence-corrected chi connectivity index (χ4v) is 5.23. The normalized spacial score (nSPS) is 26.1. The summed E-state index contributed by atoms with van der Waals surface area (Å²) in [6.07, 6.45) is -0.0667. The molecule has 2 heterocycles. The number of phenols is 1. The zero-order valence-corrected chi connectivity index (χ0v) is 19.9. The van der Waals surface area contributed by atoms with Crippen molar-refractivity contribution < 1.29 is 34.1 Å². The quantitative estimate of drug-likeness (QED) is 0.338. The average molecular weight is 481 g/mol. The summed E-state index contributed by atoms with van der Waals surface area (Å²) < 4.78 is 5.08. The molecule has 0 bridgehead atoms. The molecule has 35 heavy (non-hydrogen) atoms. The summed E-state index contributed by atoms with van der Waals surface area (Å²) in [5.41, 5.74) is -1.39. The van der Waals surface area contributed by atoms with Crippen LogP contribution in [-0.4, -0.2) is 49.9 Å². The number of imide groups is 1. The molecule has 0 saturated carbocycles. The molecule has 184 valence electrons. The molecule has 2 aromatic carbocycles. The SMILES string of the molecule is CC(=O)Oc1ccc(C2NC(Cc3ccc(O)cc3)(C(=O)O)C3C(=O)N(C(C)(C)C)C(=O)C23)cc1. The van der Waals surface area contributed by atoms with E-state index in [4.69, 9.17) is 4.74 Å². The number of carbonyl (C=O) groups excluding carboxylic acids is 3. The fraction of sp³-hybridized carbons (Fsp3) is 0.385. The van der Waals surface area contributed by atoms with Crippen LogP contribution in [0.3, 0.4) is 0 Å². The summed E-state index contributed by atoms with van der Waals surface area (Å²) in [6, 6.07) is 11.8. The van der Waals surface area contributed by atoms with E-state index in [1.807, 2.05) is 0 Å². The maximum Gasteiger partial charge on any atom is 0.325 e. The van der Waals surface area contributed by atoms with Crippen LogP contribution in [0.2, 0.25) is 0 Å². The molecule has 0 spiro atoms. The van der Waals surface area contributed by atoms with Gasteiger partial charge in [-0.05, 0) is 56.2 Å². The van der Waals surface area contributed by atoms with Crippen LogP contribution in [0.1, 0.15) is 44.9 Å². The first-order valence-electron chi connectivity index (χ1n) is 11.3. The molecule has 2 aliphatic heterocycles. The van der Waals surface area contributed by atoms with Gasteiger partial charge in [0.2, 0.25) is 11.8 Å². The zero-order chi connectivity index (χ0) is 25.7. The van der Waals surface area contributed by atoms with E-state index in [1.165, 1.54) is 24.0 Å². The number of fused-ring (bicyclic) bond motifs is 1. The van der Waals surface area contributed by atoms with Crippen molar-refractivity contribution >= 4 is 23.8 Å². The van der Waals surface area contributed by atoms with Crippen molar-refractivity contribution in [1.82, 2.24) is 10.2 Å². The number of phenolic OH excluding ortho intramolecular Hbond substituents is 1. The number of esters is 1. The number of amides is 2. The lowest BCUT2D eigenvalue weighted by molar-refractivity contribution is -0.153. The standard InChI is InChI=1S/C26H28N2O7/c1-14(29)35-18-11-7-16(8-12-18)21-19-20(23(32)28(22(19)31)25(2,3)4)26(27-21,24(33)34)13-15-5-9-17(30)10-6-15/h5-12,19-21,27,30H,13H2,1-4H3,(H,33,34). The van der Waals surface area contributed by atoms with E-state index in [9.17, 15) is 29.4 Å². The van der Waals surface area contributed by atoms with Gasteiger partial charge < -0.3 is 14.9 Å². The lowest BCUT2D eigenvalue weighted by Crippen LogP contribution is -2.58. The van der Waals surface area contributed by atoms with Crippen LogP contribution in [-0.2, 0) is 25.6 Å². The van der Waals surface area contributed by atoms with Gasteiger partial charge in [0.25, 0.3) is 0 Å². The van der Waals surface area contributed by atoms with Crippen molar-refractivity contribution in [2.45, 2.75) is 51.2 Å². The van der Waals surface area contributed by atoms with Gasteiger partial charge in [-0.3, -0.25) is 29.4 Å². The number of hydrogen-bond acceptors (Lipinski definition) is 7. The second-order valence-electron chi connectivity index (χ2n) is 10.1. The molecule has 2 fully saturated rings. The molecule has 2 aliphatic rings. The number of hydrogen-bond donors (Lipinski definition) is 3. The topological polar surface area (TPSA) is 133 Å². The number of likely N-dealkylation sites (tertiary alicyclic amines) is 1. The Labute approximate surface area is 202 Å². The second-order valence-corrected chi connectivity index (χ2v) is 10.1. The van der Waals surface area contributed by atoms with Crippen LogP contribution in [0.25, 0.3) is 0 Å². The number of nitrogens with zero attached hydrogens (tertiary/aromatic N) is 1. The number of nitrogens with one attached hydrogen (secondary N) is 1. The van der Waals surface area contributed by atoms with Crippen LogP contribution in [0.15, 0.2) is 48.5 Å². The van der Waals surface area contributed by atoms with Crippen molar-refractivity contribution in [2.24, 2.45) is 11.8 Å². The highest BCUT2D eigenvalue weighted by molar-refractivity contribution is 6.10. The van der Waals surface area contributed by atoms with Crippen LogP contribution in [0.4, 0.5) is 0 Å². The second kappa shape index (κ2) is 8.49. The molecule has 2 amide bonds. The number of aliphatic carboxylic acids is 1. The number of rotatable bonds is 5. The Morgan fingerprint density at radius 2 is 1.63 bits per heavy atom. The molecule has 3 N–H and O–H groups in total. The highest BCUT2D eigenvalue weighted by Crippen LogP contribution is 2.51. The fourth-order valence-electron chi connectivity index (χ4n) is 5.23. The Morgan fingerprint density at radius 3 is 2.14 bits per heavy atom. The minimum atomic E-state index is -1.76. The van der Waals surface area contributed by atoms with Crippen LogP contribution < -0.4 is 10.1 Å². The maximum atomic E-state index is 13.7. The number of ether oxygens (including phenoxy) is 1. The first-order valence-corrected chi connectivity index (χ1v) is 11.3. The van der Waals surface area contributed by atoms with Crippen LogP contribution >= 0.6 is 0 Å². The lowest BCUT2D eigenvalue weighted by Gasteiger charge is -2.35. The van der Waals surface area contributed by atoms with E-state index >= 15 is 0 Å². The van der Waals surface area contributed by atoms with E-state index in [0.29, 0.717) is 16.9 Å². The molecule has 0 aromatic heterocycles. The molecule has 4 rings (SSSR count). The Bertz CT molecular complexity index is 1180. The summed E-state index contributed by atoms with van der Waals surface area (Å²) >= 11 is 0. The highest BCUT2D eigenvalue weighted by atomic mass is 16.5. The Hall–Kier alpha value is -3.72. The van der Waals surface area contributed by atoms with Crippen molar-refractivity contribution in [3.63, 3.8) is 0 Å². The minimum absolute atomic E-state index is 0.0344. The van der Waals surface area contributed by atoms with E-state index < -0.39 is 52.7 Å². The van der Waals surface area contributed by atoms with Gasteiger partial charge in [-0.1, -0.05) is 24.3 Å². The van der Waals surface area contributed by atoms with Crippen LogP contribution in [0, 0.1) is 11.8 Å². The molecule has 4 unspecified atom stereocenters. The van der Waals surface area contributed by atoms with Crippen molar-refractivity contribution in [1.29, 1.82) is 0 Å². The van der Waals surface area contributed by atoms with Crippen molar-refractivity contribution in [3.05, 3.63) is 59.7 Å². The monoisotopic (exact) mass is 480 g/mol. The highest BCUT2D eigenvalue weighted by Gasteiger charge is 2.69. The predicted molar refractivity (Wildman–Crippen MR) is 124 cm³/mol. The summed E-state index contributed by atoms with van der Waals surface area (Å²) in [7, 11) is 0. The van der Waals surface area contributed by atoms with Crippen molar-refractivity contribution in [2.75, 3.05) is 0 Å². The molecule has 9 nitrogen and oxygen atoms in total. The maximum absolute atomic E-state index is 13.7. The largest absolute Gasteiger partial charge is 0.508 e. The van der Waals surface area contributed by atoms with Gasteiger partial charge in [-0.2, -0.15) is 0 Å².